The molecule has 1 aliphatic heterocycles. The van der Waals surface area contributed by atoms with Gasteiger partial charge in [-0.1, -0.05) is 29.8 Å². The molecule has 0 aliphatic carbocycles. The molecule has 0 spiro atoms. The van der Waals surface area contributed by atoms with Crippen LogP contribution in [-0.4, -0.2) is 22.3 Å². The maximum Gasteiger partial charge on any atom is 0.229 e. The molecule has 6 heteroatoms. The van der Waals surface area contributed by atoms with Crippen molar-refractivity contribution in [2.45, 2.75) is 25.8 Å². The second-order valence-corrected chi connectivity index (χ2v) is 10.1. The minimum atomic E-state index is 0.0346. The van der Waals surface area contributed by atoms with Gasteiger partial charge in [0.05, 0.1) is 18.2 Å². The molecule has 0 fully saturated rings. The van der Waals surface area contributed by atoms with Gasteiger partial charge in [-0.15, -0.1) is 34.0 Å². The van der Waals surface area contributed by atoms with Crippen LogP contribution < -0.4 is 0 Å². The second kappa shape index (κ2) is 7.86. The van der Waals surface area contributed by atoms with Crippen LogP contribution in [0.25, 0.3) is 10.6 Å². The van der Waals surface area contributed by atoms with E-state index in [2.05, 4.69) is 60.1 Å². The zero-order valence-electron chi connectivity index (χ0n) is 16.0. The zero-order chi connectivity index (χ0) is 19.8. The Labute approximate surface area is 182 Å². The van der Waals surface area contributed by atoms with E-state index in [1.807, 2.05) is 10.3 Å². The maximum atomic E-state index is 13.3. The molecule has 5 rings (SSSR count). The molecular weight excluding hydrogens is 416 g/mol. The van der Waals surface area contributed by atoms with Gasteiger partial charge in [0.15, 0.2) is 0 Å². The van der Waals surface area contributed by atoms with Crippen LogP contribution in [0.15, 0.2) is 58.6 Å². The number of amides is 1. The van der Waals surface area contributed by atoms with Crippen molar-refractivity contribution in [1.82, 2.24) is 9.88 Å². The van der Waals surface area contributed by atoms with E-state index in [4.69, 9.17) is 4.98 Å². The maximum absolute atomic E-state index is 13.3. The largest absolute Gasteiger partial charge is 0.330 e. The van der Waals surface area contributed by atoms with Crippen molar-refractivity contribution in [2.24, 2.45) is 0 Å². The lowest BCUT2D eigenvalue weighted by Gasteiger charge is -2.35. The Kier molecular flexibility index (Phi) is 5.08. The van der Waals surface area contributed by atoms with E-state index in [1.165, 1.54) is 20.9 Å². The van der Waals surface area contributed by atoms with Crippen LogP contribution >= 0.6 is 34.0 Å². The van der Waals surface area contributed by atoms with Gasteiger partial charge in [0.25, 0.3) is 0 Å². The SMILES string of the molecule is Cc1cccc(-c2nc(CC(=O)N3CCc4sccc4C3c3cccs3)cs2)c1. The van der Waals surface area contributed by atoms with Crippen LogP contribution in [0.3, 0.4) is 0 Å². The number of thiophene rings is 2. The van der Waals surface area contributed by atoms with E-state index in [0.717, 1.165) is 29.2 Å². The number of carbonyl (C=O) groups is 1. The van der Waals surface area contributed by atoms with Gasteiger partial charge in [-0.25, -0.2) is 4.98 Å². The Morgan fingerprint density at radius 3 is 2.90 bits per heavy atom. The van der Waals surface area contributed by atoms with E-state index in [1.54, 1.807) is 34.0 Å². The minimum absolute atomic E-state index is 0.0346. The first-order valence-corrected chi connectivity index (χ1v) is 12.2. The van der Waals surface area contributed by atoms with Crippen LogP contribution in [0.5, 0.6) is 0 Å². The van der Waals surface area contributed by atoms with E-state index < -0.39 is 0 Å². The zero-order valence-corrected chi connectivity index (χ0v) is 18.4. The molecule has 0 radical (unpaired) electrons. The summed E-state index contributed by atoms with van der Waals surface area (Å²) in [6, 6.07) is 14.8. The second-order valence-electron chi connectivity index (χ2n) is 7.24. The number of nitrogens with zero attached hydrogens (tertiary/aromatic N) is 2. The normalized spacial score (nSPS) is 16.0. The first-order chi connectivity index (χ1) is 14.2. The van der Waals surface area contributed by atoms with Gasteiger partial charge in [0.2, 0.25) is 5.91 Å². The highest BCUT2D eigenvalue weighted by atomic mass is 32.1. The first-order valence-electron chi connectivity index (χ1n) is 9.59. The number of hydrogen-bond donors (Lipinski definition) is 0. The molecule has 0 N–H and O–H groups in total. The summed E-state index contributed by atoms with van der Waals surface area (Å²) in [5.41, 5.74) is 4.48. The van der Waals surface area contributed by atoms with Crippen molar-refractivity contribution in [3.8, 4) is 10.6 Å². The third-order valence-electron chi connectivity index (χ3n) is 5.25. The molecule has 0 bridgehead atoms. The minimum Gasteiger partial charge on any atom is -0.330 e. The van der Waals surface area contributed by atoms with Crippen molar-refractivity contribution < 1.29 is 4.79 Å². The molecule has 0 saturated heterocycles. The lowest BCUT2D eigenvalue weighted by molar-refractivity contribution is -0.132. The fourth-order valence-corrected chi connectivity index (χ4v) is 6.47. The standard InChI is InChI=1S/C23H20N2OS3/c1-15-4-2-5-16(12-15)23-24-17(14-29-23)13-21(26)25-9-7-19-18(8-11-28-19)22(25)20-6-3-10-27-20/h2-6,8,10-12,14,22H,7,9,13H2,1H3. The predicted molar refractivity (Wildman–Crippen MR) is 122 cm³/mol. The molecule has 1 amide bonds. The van der Waals surface area contributed by atoms with E-state index in [9.17, 15) is 4.79 Å². The Morgan fingerprint density at radius 1 is 1.14 bits per heavy atom. The highest BCUT2D eigenvalue weighted by Crippen LogP contribution is 2.39. The van der Waals surface area contributed by atoms with Crippen molar-refractivity contribution >= 4 is 39.9 Å². The van der Waals surface area contributed by atoms with Crippen molar-refractivity contribution in [3.63, 3.8) is 0 Å². The summed E-state index contributed by atoms with van der Waals surface area (Å²) in [7, 11) is 0. The summed E-state index contributed by atoms with van der Waals surface area (Å²) in [6.45, 7) is 2.85. The highest BCUT2D eigenvalue weighted by Gasteiger charge is 2.33. The number of rotatable bonds is 4. The smallest absolute Gasteiger partial charge is 0.229 e. The average molecular weight is 437 g/mol. The predicted octanol–water partition coefficient (Wildman–Crippen LogP) is 5.96. The lowest BCUT2D eigenvalue weighted by Crippen LogP contribution is -2.40. The van der Waals surface area contributed by atoms with Crippen molar-refractivity contribution in [1.29, 1.82) is 0 Å². The Morgan fingerprint density at radius 2 is 2.07 bits per heavy atom. The molecule has 146 valence electrons. The summed E-state index contributed by atoms with van der Waals surface area (Å²) in [6.07, 6.45) is 1.29. The van der Waals surface area contributed by atoms with E-state index in [0.29, 0.717) is 6.42 Å². The number of aryl methyl sites for hydroxylation is 1. The first kappa shape index (κ1) is 18.7. The molecule has 1 aromatic carbocycles. The van der Waals surface area contributed by atoms with Crippen LogP contribution in [-0.2, 0) is 17.6 Å². The summed E-state index contributed by atoms with van der Waals surface area (Å²) < 4.78 is 0. The van der Waals surface area contributed by atoms with Gasteiger partial charge in [0, 0.05) is 27.2 Å². The summed E-state index contributed by atoms with van der Waals surface area (Å²) >= 11 is 5.14. The van der Waals surface area contributed by atoms with Crippen LogP contribution in [0, 0.1) is 6.92 Å². The molecular formula is C23H20N2OS3. The molecule has 1 unspecified atom stereocenters. The van der Waals surface area contributed by atoms with Crippen LogP contribution in [0.4, 0.5) is 0 Å². The molecule has 1 aliphatic rings. The van der Waals surface area contributed by atoms with Crippen molar-refractivity contribution in [3.05, 3.63) is 85.2 Å². The summed E-state index contributed by atoms with van der Waals surface area (Å²) in [5, 5.41) is 7.24. The lowest BCUT2D eigenvalue weighted by atomic mass is 9.98. The fourth-order valence-electron chi connectivity index (χ4n) is 3.89. The quantitative estimate of drug-likeness (QED) is 0.395. The van der Waals surface area contributed by atoms with Crippen molar-refractivity contribution in [2.75, 3.05) is 6.54 Å². The van der Waals surface area contributed by atoms with Gasteiger partial charge in [-0.05, 0) is 47.9 Å². The summed E-state index contributed by atoms with van der Waals surface area (Å²) in [4.78, 5) is 22.7. The summed E-state index contributed by atoms with van der Waals surface area (Å²) in [5.74, 6) is 0.154. The van der Waals surface area contributed by atoms with Gasteiger partial charge >= 0.3 is 0 Å². The highest BCUT2D eigenvalue weighted by molar-refractivity contribution is 7.13. The monoisotopic (exact) mass is 436 g/mol. The Bertz CT molecular complexity index is 1140. The number of hydrogen-bond acceptors (Lipinski definition) is 5. The molecule has 4 aromatic rings. The van der Waals surface area contributed by atoms with Gasteiger partial charge < -0.3 is 4.90 Å². The van der Waals surface area contributed by atoms with Gasteiger partial charge in [-0.2, -0.15) is 0 Å². The molecule has 4 heterocycles. The fraction of sp³-hybridized carbons (Fsp3) is 0.217. The van der Waals surface area contributed by atoms with Gasteiger partial charge in [-0.3, -0.25) is 4.79 Å². The molecule has 29 heavy (non-hydrogen) atoms. The third-order valence-corrected chi connectivity index (χ3v) is 8.11. The Balaban J connectivity index is 1.39. The Hall–Kier alpha value is -2.28. The third kappa shape index (κ3) is 3.68. The molecule has 3 nitrogen and oxygen atoms in total. The number of thiazole rings is 1. The molecule has 0 saturated carbocycles. The number of benzene rings is 1. The number of aromatic nitrogens is 1. The van der Waals surface area contributed by atoms with Gasteiger partial charge in [0.1, 0.15) is 5.01 Å². The van der Waals surface area contributed by atoms with E-state index >= 15 is 0 Å². The van der Waals surface area contributed by atoms with Crippen LogP contribution in [0.1, 0.15) is 32.6 Å². The van der Waals surface area contributed by atoms with E-state index in [-0.39, 0.29) is 11.9 Å². The topological polar surface area (TPSA) is 33.2 Å². The number of carbonyl (C=O) groups excluding carboxylic acids is 1. The molecule has 1 atom stereocenters. The van der Waals surface area contributed by atoms with Crippen LogP contribution in [0.2, 0.25) is 0 Å². The molecule has 3 aromatic heterocycles. The number of fused-ring (bicyclic) bond motifs is 1. The average Bonchev–Trinajstić information content (AvgIpc) is 3.48.